The molecule has 0 aliphatic rings. The van der Waals surface area contributed by atoms with Gasteiger partial charge < -0.3 is 5.43 Å². The molecule has 0 spiro atoms. The van der Waals surface area contributed by atoms with Crippen molar-refractivity contribution in [2.75, 3.05) is 0 Å². The van der Waals surface area contributed by atoms with E-state index in [1.54, 1.807) is 0 Å². The average molecular weight is 414 g/mol. The van der Waals surface area contributed by atoms with Crippen LogP contribution in [-0.4, -0.2) is 5.84 Å². The van der Waals surface area contributed by atoms with E-state index in [-0.39, 0.29) is 0 Å². The first-order valence-corrected chi connectivity index (χ1v) is 10.6. The summed E-state index contributed by atoms with van der Waals surface area (Å²) in [5, 5.41) is 2.34. The van der Waals surface area contributed by atoms with Crippen LogP contribution in [0.4, 0.5) is 5.69 Å². The van der Waals surface area contributed by atoms with Crippen LogP contribution in [0.5, 0.6) is 0 Å². The molecule has 0 saturated heterocycles. The van der Waals surface area contributed by atoms with Crippen LogP contribution in [0.25, 0.3) is 33.0 Å². The minimum Gasteiger partial charge on any atom is -0.308 e. The van der Waals surface area contributed by atoms with Gasteiger partial charge >= 0.3 is 0 Å². The topological polar surface area (TPSA) is 50.4 Å². The van der Waals surface area contributed by atoms with Crippen molar-refractivity contribution < 1.29 is 0 Å². The van der Waals surface area contributed by atoms with Crippen LogP contribution in [0.15, 0.2) is 126 Å². The molecular weight excluding hydrogens is 390 g/mol. The van der Waals surface area contributed by atoms with Crippen molar-refractivity contribution >= 4 is 22.3 Å². The monoisotopic (exact) mass is 413 g/mol. The van der Waals surface area contributed by atoms with Crippen LogP contribution in [-0.2, 0) is 0 Å². The van der Waals surface area contributed by atoms with Gasteiger partial charge in [-0.1, -0.05) is 103 Å². The maximum atomic E-state index is 5.80. The fourth-order valence-corrected chi connectivity index (χ4v) is 3.86. The van der Waals surface area contributed by atoms with Crippen molar-refractivity contribution in [3.05, 3.63) is 127 Å². The van der Waals surface area contributed by atoms with E-state index in [4.69, 9.17) is 10.8 Å². The zero-order chi connectivity index (χ0) is 21.8. The van der Waals surface area contributed by atoms with Gasteiger partial charge in [-0.3, -0.25) is 0 Å². The van der Waals surface area contributed by atoms with Crippen molar-refractivity contribution in [2.24, 2.45) is 10.8 Å². The lowest BCUT2D eigenvalue weighted by atomic mass is 10.0. The van der Waals surface area contributed by atoms with E-state index < -0.39 is 0 Å². The predicted octanol–water partition coefficient (Wildman–Crippen LogP) is 6.72. The summed E-state index contributed by atoms with van der Waals surface area (Å²) in [5.41, 5.74) is 9.30. The lowest BCUT2D eigenvalue weighted by Gasteiger charge is -2.08. The van der Waals surface area contributed by atoms with Gasteiger partial charge in [0.2, 0.25) is 0 Å². The summed E-state index contributed by atoms with van der Waals surface area (Å²) in [7, 11) is 0. The summed E-state index contributed by atoms with van der Waals surface area (Å²) >= 11 is 0. The van der Waals surface area contributed by atoms with Gasteiger partial charge in [-0.2, -0.15) is 0 Å². The highest BCUT2D eigenvalue weighted by atomic mass is 15.2. The van der Waals surface area contributed by atoms with Gasteiger partial charge in [-0.25, -0.2) is 10.8 Å². The number of rotatable bonds is 4. The maximum Gasteiger partial charge on any atom is 0.147 e. The summed E-state index contributed by atoms with van der Waals surface area (Å²) in [6.07, 6.45) is 0. The van der Waals surface area contributed by atoms with Crippen LogP contribution < -0.4 is 11.3 Å². The minimum absolute atomic E-state index is 0.635. The maximum absolute atomic E-state index is 5.80. The van der Waals surface area contributed by atoms with E-state index in [1.165, 1.54) is 22.1 Å². The molecule has 0 atom stereocenters. The molecular formula is C29H23N3. The molecule has 0 unspecified atom stereocenters. The summed E-state index contributed by atoms with van der Waals surface area (Å²) in [5.74, 6) is 6.43. The van der Waals surface area contributed by atoms with Gasteiger partial charge in [0.15, 0.2) is 0 Å². The Labute approximate surface area is 187 Å². The Hall–Kier alpha value is -4.21. The molecule has 5 aromatic carbocycles. The molecule has 32 heavy (non-hydrogen) atoms. The van der Waals surface area contributed by atoms with E-state index >= 15 is 0 Å². The molecule has 0 fully saturated rings. The predicted molar refractivity (Wildman–Crippen MR) is 135 cm³/mol. The molecule has 0 heterocycles. The molecule has 3 heteroatoms. The molecule has 0 bridgehead atoms. The lowest BCUT2D eigenvalue weighted by Crippen LogP contribution is -2.30. The molecule has 0 aliphatic carbocycles. The Morgan fingerprint density at radius 2 is 1.06 bits per heavy atom. The average Bonchev–Trinajstić information content (AvgIpc) is 2.88. The van der Waals surface area contributed by atoms with Gasteiger partial charge in [0, 0.05) is 5.56 Å². The van der Waals surface area contributed by atoms with Crippen LogP contribution in [0, 0.1) is 0 Å². The van der Waals surface area contributed by atoms with Crippen LogP contribution in [0.3, 0.4) is 0 Å². The first-order chi connectivity index (χ1) is 15.8. The van der Waals surface area contributed by atoms with Crippen molar-refractivity contribution in [3.8, 4) is 22.3 Å². The van der Waals surface area contributed by atoms with E-state index in [0.29, 0.717) is 5.84 Å². The van der Waals surface area contributed by atoms with Crippen molar-refractivity contribution in [1.29, 1.82) is 0 Å². The number of nitrogens with one attached hydrogen (secondary N) is 1. The molecule has 5 rings (SSSR count). The van der Waals surface area contributed by atoms with Crippen LogP contribution in [0.2, 0.25) is 0 Å². The first kappa shape index (κ1) is 19.7. The highest BCUT2D eigenvalue weighted by molar-refractivity contribution is 6.03. The van der Waals surface area contributed by atoms with E-state index in [1.807, 2.05) is 36.4 Å². The summed E-state index contributed by atoms with van der Waals surface area (Å²) in [6.45, 7) is 0. The van der Waals surface area contributed by atoms with Gasteiger partial charge in [0.05, 0.1) is 5.69 Å². The molecule has 0 radical (unpaired) electrons. The molecule has 3 nitrogen and oxygen atoms in total. The van der Waals surface area contributed by atoms with E-state index in [9.17, 15) is 0 Å². The van der Waals surface area contributed by atoms with Crippen molar-refractivity contribution in [2.45, 2.75) is 0 Å². The van der Waals surface area contributed by atoms with Gasteiger partial charge in [-0.15, -0.1) is 0 Å². The Morgan fingerprint density at radius 3 is 1.69 bits per heavy atom. The second-order valence-corrected chi connectivity index (χ2v) is 7.66. The summed E-state index contributed by atoms with van der Waals surface area (Å²) in [6, 6.07) is 41.7. The normalized spacial score (nSPS) is 11.5. The van der Waals surface area contributed by atoms with Gasteiger partial charge in [0.25, 0.3) is 0 Å². The quantitative estimate of drug-likeness (QED) is 0.149. The number of aliphatic imine (C=N–C) groups is 1. The number of hydrogen-bond donors (Lipinski definition) is 2. The fourth-order valence-electron chi connectivity index (χ4n) is 3.86. The zero-order valence-electron chi connectivity index (χ0n) is 17.6. The smallest absolute Gasteiger partial charge is 0.147 e. The third-order valence-electron chi connectivity index (χ3n) is 5.59. The molecule has 5 aromatic rings. The second-order valence-electron chi connectivity index (χ2n) is 7.66. The standard InChI is InChI=1S/C29H23N3/c30-32-29(27-15-14-22-8-4-5-9-26(22)20-27)31-28-18-16-25(17-19-28)24-12-10-23(11-13-24)21-6-2-1-3-7-21/h1-20H,30H2,(H,31,32). The van der Waals surface area contributed by atoms with Crippen molar-refractivity contribution in [1.82, 2.24) is 5.43 Å². The molecule has 0 saturated carbocycles. The SMILES string of the molecule is NN/C(=N\c1ccc(-c2ccc(-c3ccccc3)cc2)cc1)c1ccc2ccccc2c1. The van der Waals surface area contributed by atoms with E-state index in [0.717, 1.165) is 22.2 Å². The number of amidine groups is 1. The Morgan fingerprint density at radius 1 is 0.531 bits per heavy atom. The number of nitrogens with zero attached hydrogens (tertiary/aromatic N) is 1. The van der Waals surface area contributed by atoms with Crippen LogP contribution >= 0.6 is 0 Å². The number of hydrazine groups is 1. The third kappa shape index (κ3) is 4.15. The van der Waals surface area contributed by atoms with Crippen molar-refractivity contribution in [3.63, 3.8) is 0 Å². The second kappa shape index (κ2) is 8.88. The fraction of sp³-hybridized carbons (Fsp3) is 0. The largest absolute Gasteiger partial charge is 0.308 e. The van der Waals surface area contributed by atoms with Gasteiger partial charge in [0.1, 0.15) is 5.84 Å². The Kier molecular flexibility index (Phi) is 5.48. The number of fused-ring (bicyclic) bond motifs is 1. The number of nitrogens with two attached hydrogens (primary N) is 1. The Bertz CT molecular complexity index is 1370. The third-order valence-corrected chi connectivity index (χ3v) is 5.59. The highest BCUT2D eigenvalue weighted by Gasteiger charge is 2.05. The molecule has 3 N–H and O–H groups in total. The highest BCUT2D eigenvalue weighted by Crippen LogP contribution is 2.27. The summed E-state index contributed by atoms with van der Waals surface area (Å²) in [4.78, 5) is 4.72. The summed E-state index contributed by atoms with van der Waals surface area (Å²) < 4.78 is 0. The number of hydrogen-bond acceptors (Lipinski definition) is 2. The lowest BCUT2D eigenvalue weighted by molar-refractivity contribution is 1.02. The molecule has 154 valence electrons. The molecule has 0 amide bonds. The van der Waals surface area contributed by atoms with E-state index in [2.05, 4.69) is 90.4 Å². The molecule has 0 aromatic heterocycles. The Balaban J connectivity index is 1.39. The number of benzene rings is 5. The first-order valence-electron chi connectivity index (χ1n) is 10.6. The zero-order valence-corrected chi connectivity index (χ0v) is 17.6. The minimum atomic E-state index is 0.635. The van der Waals surface area contributed by atoms with Crippen LogP contribution in [0.1, 0.15) is 5.56 Å². The van der Waals surface area contributed by atoms with Gasteiger partial charge in [-0.05, 0) is 51.2 Å². The molecule has 0 aliphatic heterocycles.